The highest BCUT2D eigenvalue weighted by Gasteiger charge is 2.29. The molecule has 0 saturated heterocycles. The van der Waals surface area contributed by atoms with Crippen molar-refractivity contribution in [3.63, 3.8) is 0 Å². The van der Waals surface area contributed by atoms with Crippen molar-refractivity contribution in [1.82, 2.24) is 4.98 Å². The van der Waals surface area contributed by atoms with E-state index in [0.717, 1.165) is 50.5 Å². The van der Waals surface area contributed by atoms with Crippen molar-refractivity contribution in [2.24, 2.45) is 11.3 Å². The maximum absolute atomic E-state index is 13.6. The zero-order valence-electron chi connectivity index (χ0n) is 25.7. The molecule has 1 atom stereocenters. The van der Waals surface area contributed by atoms with Crippen LogP contribution in [0.25, 0.3) is 22.2 Å². The minimum absolute atomic E-state index is 0.0740. The first-order chi connectivity index (χ1) is 19.3. The third-order valence-electron chi connectivity index (χ3n) is 7.61. The number of pyridine rings is 1. The van der Waals surface area contributed by atoms with Gasteiger partial charge >= 0.3 is 5.63 Å². The van der Waals surface area contributed by atoms with Gasteiger partial charge in [0.2, 0.25) is 11.6 Å². The van der Waals surface area contributed by atoms with Crippen LogP contribution < -0.4 is 10.4 Å². The van der Waals surface area contributed by atoms with Gasteiger partial charge in [-0.2, -0.15) is 4.98 Å². The third-order valence-corrected chi connectivity index (χ3v) is 7.61. The predicted molar refractivity (Wildman–Crippen MR) is 161 cm³/mol. The average molecular weight is 572 g/mol. The second-order valence-corrected chi connectivity index (χ2v) is 12.9. The molecule has 3 rings (SSSR count). The first-order valence-corrected chi connectivity index (χ1v) is 15.0. The maximum Gasteiger partial charge on any atom is 0.345 e. The number of ether oxygens (including phenoxy) is 2. The van der Waals surface area contributed by atoms with Gasteiger partial charge in [0.05, 0.1) is 17.8 Å². The molecule has 0 fully saturated rings. The lowest BCUT2D eigenvalue weighted by molar-refractivity contribution is -0.0659. The zero-order chi connectivity index (χ0) is 30.0. The molecule has 0 radical (unpaired) electrons. The van der Waals surface area contributed by atoms with Crippen molar-refractivity contribution in [2.75, 3.05) is 13.2 Å². The minimum Gasteiger partial charge on any atom is -0.478 e. The van der Waals surface area contributed by atoms with Crippen LogP contribution in [0, 0.1) is 23.0 Å². The molecule has 1 unspecified atom stereocenters. The number of fused-ring (bicyclic) bond motifs is 1. The Labute approximate surface area is 243 Å². The number of hydrogen-bond donors (Lipinski definition) is 0. The maximum atomic E-state index is 13.6. The summed E-state index contributed by atoms with van der Waals surface area (Å²) in [4.78, 5) is 16.7. The second-order valence-electron chi connectivity index (χ2n) is 12.9. The highest BCUT2D eigenvalue weighted by molar-refractivity contribution is 5.79. The lowest BCUT2D eigenvalue weighted by atomic mass is 9.78. The van der Waals surface area contributed by atoms with Gasteiger partial charge < -0.3 is 13.9 Å². The van der Waals surface area contributed by atoms with E-state index in [2.05, 4.69) is 46.5 Å². The van der Waals surface area contributed by atoms with Crippen molar-refractivity contribution in [3.8, 4) is 17.0 Å². The van der Waals surface area contributed by atoms with Crippen molar-refractivity contribution in [1.29, 1.82) is 0 Å². The molecule has 7 heteroatoms. The summed E-state index contributed by atoms with van der Waals surface area (Å²) in [5, 5.41) is 0.544. The quantitative estimate of drug-likeness (QED) is 0.160. The van der Waals surface area contributed by atoms with Gasteiger partial charge in [-0.1, -0.05) is 66.2 Å². The Balaban J connectivity index is 1.29. The van der Waals surface area contributed by atoms with Gasteiger partial charge in [0.1, 0.15) is 11.6 Å². The first kappa shape index (κ1) is 32.7. The van der Waals surface area contributed by atoms with Gasteiger partial charge in [-0.3, -0.25) is 0 Å². The Kier molecular flexibility index (Phi) is 11.9. The number of aromatic nitrogens is 1. The van der Waals surface area contributed by atoms with Crippen LogP contribution in [0.3, 0.4) is 0 Å². The lowest BCUT2D eigenvalue weighted by Gasteiger charge is -2.36. The number of hydrogen-bond acceptors (Lipinski definition) is 5. The summed E-state index contributed by atoms with van der Waals surface area (Å²) < 4.78 is 44.5. The minimum atomic E-state index is -0.761. The van der Waals surface area contributed by atoms with E-state index >= 15 is 0 Å². The topological polar surface area (TPSA) is 61.6 Å². The fraction of sp³-hybridized carbons (Fsp3) is 0.588. The lowest BCUT2D eigenvalue weighted by Crippen LogP contribution is -2.35. The van der Waals surface area contributed by atoms with Crippen molar-refractivity contribution >= 4 is 11.1 Å². The summed E-state index contributed by atoms with van der Waals surface area (Å²) in [6.07, 6.45) is 10.3. The summed E-state index contributed by atoms with van der Waals surface area (Å²) in [6, 6.07) is 7.89. The molecule has 41 heavy (non-hydrogen) atoms. The first-order valence-electron chi connectivity index (χ1n) is 15.0. The number of halogens is 2. The molecule has 226 valence electrons. The van der Waals surface area contributed by atoms with Crippen LogP contribution in [0.1, 0.15) is 99.3 Å². The van der Waals surface area contributed by atoms with E-state index in [1.165, 1.54) is 38.2 Å². The molecule has 0 bridgehead atoms. The molecule has 5 nitrogen and oxygen atoms in total. The van der Waals surface area contributed by atoms with E-state index in [4.69, 9.17) is 13.9 Å². The monoisotopic (exact) mass is 571 g/mol. The van der Waals surface area contributed by atoms with E-state index in [0.29, 0.717) is 29.2 Å². The fourth-order valence-corrected chi connectivity index (χ4v) is 5.06. The Bertz CT molecular complexity index is 1290. The summed E-state index contributed by atoms with van der Waals surface area (Å²) in [6.45, 7) is 15.0. The van der Waals surface area contributed by atoms with E-state index in [-0.39, 0.29) is 22.4 Å². The zero-order valence-corrected chi connectivity index (χ0v) is 25.7. The highest BCUT2D eigenvalue weighted by Crippen LogP contribution is 2.33. The predicted octanol–water partition coefficient (Wildman–Crippen LogP) is 9.50. The Morgan fingerprint density at radius 1 is 0.829 bits per heavy atom. The van der Waals surface area contributed by atoms with Crippen molar-refractivity contribution in [2.45, 2.75) is 105 Å². The van der Waals surface area contributed by atoms with E-state index in [1.54, 1.807) is 12.1 Å². The van der Waals surface area contributed by atoms with E-state index in [1.807, 2.05) is 0 Å². The highest BCUT2D eigenvalue weighted by atomic mass is 19.1. The summed E-state index contributed by atoms with van der Waals surface area (Å²) >= 11 is 0. The summed E-state index contributed by atoms with van der Waals surface area (Å²) in [7, 11) is 0. The summed E-state index contributed by atoms with van der Waals surface area (Å²) in [5.74, 6) is -0.617. The number of nitrogens with zero attached hydrogens (tertiary/aromatic N) is 1. The second kappa shape index (κ2) is 14.9. The van der Waals surface area contributed by atoms with Crippen molar-refractivity contribution in [3.05, 3.63) is 58.5 Å². The van der Waals surface area contributed by atoms with Crippen LogP contribution >= 0.6 is 0 Å². The van der Waals surface area contributed by atoms with Gasteiger partial charge in [-0.25, -0.2) is 13.6 Å². The number of rotatable bonds is 16. The molecule has 0 aliphatic carbocycles. The van der Waals surface area contributed by atoms with Crippen LogP contribution in [0.5, 0.6) is 5.88 Å². The molecule has 3 aromatic rings. The van der Waals surface area contributed by atoms with Gasteiger partial charge in [-0.05, 0) is 74.3 Å². The molecule has 0 aliphatic heterocycles. The van der Waals surface area contributed by atoms with E-state index in [9.17, 15) is 13.6 Å². The van der Waals surface area contributed by atoms with Crippen molar-refractivity contribution < 1.29 is 22.7 Å². The Morgan fingerprint density at radius 2 is 1.41 bits per heavy atom. The molecule has 0 spiro atoms. The van der Waals surface area contributed by atoms with Gasteiger partial charge in [0.25, 0.3) is 0 Å². The largest absolute Gasteiger partial charge is 0.478 e. The molecule has 1 aromatic carbocycles. The molecule has 0 amide bonds. The van der Waals surface area contributed by atoms with Gasteiger partial charge in [0.15, 0.2) is 0 Å². The third kappa shape index (κ3) is 10.8. The summed E-state index contributed by atoms with van der Waals surface area (Å²) in [5.41, 5.74) is -0.156. The molecule has 2 aromatic heterocycles. The molecule has 0 aliphatic rings. The molecule has 0 saturated carbocycles. The van der Waals surface area contributed by atoms with E-state index < -0.39 is 17.3 Å². The van der Waals surface area contributed by atoms with Crippen LogP contribution in [-0.4, -0.2) is 23.8 Å². The number of benzene rings is 1. The molecular formula is C34H47F2NO4. The standard InChI is InChI=1S/C34H47F2NO4/c1-24(23-33(2,3)4)34(5,6)40-18-14-12-10-8-7-9-11-13-17-39-30-16-15-25-21-29(32(38)41-31(25)37-30)26-19-27(35)22-28(36)20-26/h15-16,19-22,24H,7-14,17-18,23H2,1-6H3. The van der Waals surface area contributed by atoms with Gasteiger partial charge in [-0.15, -0.1) is 0 Å². The SMILES string of the molecule is CC(CC(C)(C)C)C(C)(C)OCCCCCCCCCCOc1ccc2cc(-c3cc(F)cc(F)c3)c(=O)oc2n1. The fourth-order valence-electron chi connectivity index (χ4n) is 5.06. The van der Waals surface area contributed by atoms with Crippen LogP contribution in [0.2, 0.25) is 0 Å². The van der Waals surface area contributed by atoms with Gasteiger partial charge in [0, 0.05) is 24.1 Å². The molecular weight excluding hydrogens is 524 g/mol. The normalized spacial score (nSPS) is 13.1. The smallest absolute Gasteiger partial charge is 0.345 e. The molecule has 0 N–H and O–H groups in total. The Hall–Kier alpha value is -2.80. The van der Waals surface area contributed by atoms with Crippen LogP contribution in [0.15, 0.2) is 45.6 Å². The van der Waals surface area contributed by atoms with Crippen LogP contribution in [0.4, 0.5) is 8.78 Å². The van der Waals surface area contributed by atoms with Crippen LogP contribution in [-0.2, 0) is 4.74 Å². The molecule has 2 heterocycles. The average Bonchev–Trinajstić information content (AvgIpc) is 2.87. The Morgan fingerprint density at radius 3 is 2.02 bits per heavy atom. The number of unbranched alkanes of at least 4 members (excludes halogenated alkanes) is 7.